The van der Waals surface area contributed by atoms with Gasteiger partial charge in [-0.2, -0.15) is 0 Å². The summed E-state index contributed by atoms with van der Waals surface area (Å²) in [6, 6.07) is 0. The molecule has 0 radical (unpaired) electrons. The van der Waals surface area contributed by atoms with Crippen molar-refractivity contribution in [3.05, 3.63) is 24.0 Å². The Morgan fingerprint density at radius 1 is 1.23 bits per heavy atom. The van der Waals surface area contributed by atoms with Gasteiger partial charge in [-0.3, -0.25) is 0 Å². The smallest absolute Gasteiger partial charge is 0.115 e. The van der Waals surface area contributed by atoms with E-state index < -0.39 is 0 Å². The van der Waals surface area contributed by atoms with E-state index in [0.717, 1.165) is 5.76 Å². The normalized spacial score (nSPS) is 11.5. The summed E-state index contributed by atoms with van der Waals surface area (Å²) < 4.78 is 5.41. The van der Waals surface area contributed by atoms with Crippen LogP contribution in [0.3, 0.4) is 0 Å². The predicted octanol–water partition coefficient (Wildman–Crippen LogP) is 4.31. The molecule has 0 aliphatic rings. The van der Waals surface area contributed by atoms with Crippen molar-refractivity contribution in [2.75, 3.05) is 0 Å². The van der Waals surface area contributed by atoms with Crippen molar-refractivity contribution in [3.63, 3.8) is 0 Å². The fourth-order valence-corrected chi connectivity index (χ4v) is 0.640. The van der Waals surface area contributed by atoms with E-state index in [-0.39, 0.29) is 6.10 Å². The molecule has 0 atom stereocenters. The van der Waals surface area contributed by atoms with Crippen molar-refractivity contribution in [1.82, 2.24) is 0 Å². The SMILES string of the molecule is C/C=C\C(=C/C)OC(C)C.CCC. The third kappa shape index (κ3) is 14.2. The first-order valence-electron chi connectivity index (χ1n) is 5.07. The molecule has 0 aromatic rings. The van der Waals surface area contributed by atoms with Gasteiger partial charge in [0, 0.05) is 0 Å². The number of allylic oxidation sites excluding steroid dienone is 3. The molecule has 0 N–H and O–H groups in total. The van der Waals surface area contributed by atoms with E-state index in [1.54, 1.807) is 0 Å². The van der Waals surface area contributed by atoms with E-state index in [0.29, 0.717) is 0 Å². The molecule has 0 saturated heterocycles. The van der Waals surface area contributed by atoms with Crippen molar-refractivity contribution in [3.8, 4) is 0 Å². The molecule has 1 heteroatoms. The zero-order chi connectivity index (χ0) is 10.7. The number of hydrogen-bond acceptors (Lipinski definition) is 1. The molecule has 0 fully saturated rings. The Morgan fingerprint density at radius 2 is 1.69 bits per heavy atom. The van der Waals surface area contributed by atoms with E-state index in [1.807, 2.05) is 45.9 Å². The highest BCUT2D eigenvalue weighted by molar-refractivity contribution is 5.09. The summed E-state index contributed by atoms with van der Waals surface area (Å²) >= 11 is 0. The van der Waals surface area contributed by atoms with Crippen LogP contribution >= 0.6 is 0 Å². The molecule has 0 aliphatic carbocycles. The van der Waals surface area contributed by atoms with E-state index in [4.69, 9.17) is 4.74 Å². The third-order valence-corrected chi connectivity index (χ3v) is 0.987. The van der Waals surface area contributed by atoms with E-state index >= 15 is 0 Å². The average Bonchev–Trinajstić information content (AvgIpc) is 2.04. The molecule has 78 valence electrons. The fourth-order valence-electron chi connectivity index (χ4n) is 0.640. The summed E-state index contributed by atoms with van der Waals surface area (Å²) in [6.07, 6.45) is 7.40. The van der Waals surface area contributed by atoms with Crippen LogP contribution < -0.4 is 0 Å². The standard InChI is InChI=1S/C9H16O.C3H8/c1-5-7-9(6-2)10-8(3)4;1-3-2/h5-8H,1-4H3;3H2,1-2H3/b7-5-,9-6+;. The summed E-state index contributed by atoms with van der Waals surface area (Å²) in [4.78, 5) is 0. The van der Waals surface area contributed by atoms with Gasteiger partial charge >= 0.3 is 0 Å². The largest absolute Gasteiger partial charge is 0.491 e. The summed E-state index contributed by atoms with van der Waals surface area (Å²) in [5.41, 5.74) is 0. The molecule has 0 spiro atoms. The molecule has 0 aliphatic heterocycles. The number of hydrogen-bond donors (Lipinski definition) is 0. The summed E-state index contributed by atoms with van der Waals surface area (Å²) in [7, 11) is 0. The summed E-state index contributed by atoms with van der Waals surface area (Å²) in [6.45, 7) is 12.2. The Labute approximate surface area is 83.5 Å². The van der Waals surface area contributed by atoms with Crippen LogP contribution in [0.4, 0.5) is 0 Å². The topological polar surface area (TPSA) is 9.23 Å². The zero-order valence-electron chi connectivity index (χ0n) is 9.92. The average molecular weight is 184 g/mol. The highest BCUT2D eigenvalue weighted by Crippen LogP contribution is 2.02. The van der Waals surface area contributed by atoms with Gasteiger partial charge in [-0.05, 0) is 39.8 Å². The van der Waals surface area contributed by atoms with Gasteiger partial charge in [-0.1, -0.05) is 26.3 Å². The Bertz CT molecular complexity index is 143. The fraction of sp³-hybridized carbons (Fsp3) is 0.667. The Kier molecular flexibility index (Phi) is 12.8. The molecule has 1 nitrogen and oxygen atoms in total. The lowest BCUT2D eigenvalue weighted by Gasteiger charge is -2.09. The number of ether oxygens (including phenoxy) is 1. The molecule has 0 aromatic heterocycles. The van der Waals surface area contributed by atoms with Gasteiger partial charge in [-0.25, -0.2) is 0 Å². The van der Waals surface area contributed by atoms with Crippen molar-refractivity contribution in [2.24, 2.45) is 0 Å². The van der Waals surface area contributed by atoms with Crippen LogP contribution in [0.15, 0.2) is 24.0 Å². The molecule has 0 rings (SSSR count). The van der Waals surface area contributed by atoms with Crippen LogP contribution in [0.5, 0.6) is 0 Å². The highest BCUT2D eigenvalue weighted by atomic mass is 16.5. The van der Waals surface area contributed by atoms with Crippen molar-refractivity contribution < 1.29 is 4.74 Å². The second kappa shape index (κ2) is 11.3. The maximum atomic E-state index is 5.41. The van der Waals surface area contributed by atoms with Gasteiger partial charge in [0.25, 0.3) is 0 Å². The lowest BCUT2D eigenvalue weighted by atomic mass is 10.4. The first-order valence-corrected chi connectivity index (χ1v) is 5.07. The summed E-state index contributed by atoms with van der Waals surface area (Å²) in [5, 5.41) is 0. The molecule has 0 heterocycles. The Morgan fingerprint density at radius 3 is 1.92 bits per heavy atom. The summed E-state index contributed by atoms with van der Waals surface area (Å²) in [5.74, 6) is 0.942. The molecule has 0 bridgehead atoms. The Balaban J connectivity index is 0. The lowest BCUT2D eigenvalue weighted by Crippen LogP contribution is -2.00. The molecule has 0 unspecified atom stereocenters. The van der Waals surface area contributed by atoms with Gasteiger partial charge in [-0.15, -0.1) is 0 Å². The lowest BCUT2D eigenvalue weighted by molar-refractivity contribution is 0.157. The monoisotopic (exact) mass is 184 g/mol. The minimum atomic E-state index is 0.266. The maximum absolute atomic E-state index is 5.41. The van der Waals surface area contributed by atoms with Crippen LogP contribution in [-0.4, -0.2) is 6.10 Å². The molecular formula is C12H24O. The second-order valence-electron chi connectivity index (χ2n) is 3.06. The number of rotatable bonds is 3. The first kappa shape index (κ1) is 14.8. The van der Waals surface area contributed by atoms with Gasteiger partial charge in [0.1, 0.15) is 5.76 Å². The van der Waals surface area contributed by atoms with E-state index in [2.05, 4.69) is 13.8 Å². The minimum absolute atomic E-state index is 0.266. The van der Waals surface area contributed by atoms with Gasteiger partial charge in [0.05, 0.1) is 6.10 Å². The maximum Gasteiger partial charge on any atom is 0.115 e. The zero-order valence-corrected chi connectivity index (χ0v) is 9.92. The molecule has 0 amide bonds. The Hall–Kier alpha value is -0.720. The molecular weight excluding hydrogens is 160 g/mol. The first-order chi connectivity index (χ1) is 6.12. The predicted molar refractivity (Wildman–Crippen MR) is 60.8 cm³/mol. The van der Waals surface area contributed by atoms with Crippen molar-refractivity contribution in [2.45, 2.75) is 54.1 Å². The molecule has 13 heavy (non-hydrogen) atoms. The van der Waals surface area contributed by atoms with Crippen LogP contribution in [-0.2, 0) is 4.74 Å². The second-order valence-corrected chi connectivity index (χ2v) is 3.06. The van der Waals surface area contributed by atoms with Crippen LogP contribution in [0.1, 0.15) is 48.0 Å². The van der Waals surface area contributed by atoms with Gasteiger partial charge in [0.2, 0.25) is 0 Å². The third-order valence-electron chi connectivity index (χ3n) is 0.987. The van der Waals surface area contributed by atoms with Gasteiger partial charge in [0.15, 0.2) is 0 Å². The van der Waals surface area contributed by atoms with Crippen LogP contribution in [0.25, 0.3) is 0 Å². The van der Waals surface area contributed by atoms with Crippen LogP contribution in [0, 0.1) is 0 Å². The highest BCUT2D eigenvalue weighted by Gasteiger charge is 1.93. The van der Waals surface area contributed by atoms with Crippen molar-refractivity contribution in [1.29, 1.82) is 0 Å². The van der Waals surface area contributed by atoms with Crippen LogP contribution in [0.2, 0.25) is 0 Å². The molecule has 0 saturated carbocycles. The van der Waals surface area contributed by atoms with E-state index in [1.165, 1.54) is 6.42 Å². The van der Waals surface area contributed by atoms with Crippen molar-refractivity contribution >= 4 is 0 Å². The van der Waals surface area contributed by atoms with Gasteiger partial charge < -0.3 is 4.74 Å². The van der Waals surface area contributed by atoms with E-state index in [9.17, 15) is 0 Å². The minimum Gasteiger partial charge on any atom is -0.491 e. The quantitative estimate of drug-likeness (QED) is 0.469. The molecule has 0 aromatic carbocycles.